The number of aryl methyl sites for hydroxylation is 1. The molecule has 1 aliphatic heterocycles. The molecule has 1 fully saturated rings. The molecule has 0 aliphatic carbocycles. The fraction of sp³-hybridized carbons (Fsp3) is 0.714. The first-order chi connectivity index (χ1) is 9.10. The van der Waals surface area contributed by atoms with Gasteiger partial charge in [0, 0.05) is 32.1 Å². The van der Waals surface area contributed by atoms with Crippen molar-refractivity contribution in [3.8, 4) is 0 Å². The molecule has 1 unspecified atom stereocenters. The van der Waals surface area contributed by atoms with E-state index in [1.165, 1.54) is 19.4 Å². The molecule has 2 heterocycles. The van der Waals surface area contributed by atoms with Crippen LogP contribution in [0.1, 0.15) is 32.0 Å². The molecular weight excluding hydrogens is 260 g/mol. The van der Waals surface area contributed by atoms with Crippen LogP contribution in [0.3, 0.4) is 0 Å². The fourth-order valence-electron chi connectivity index (χ4n) is 2.60. The number of hydrogen-bond acceptors (Lipinski definition) is 4. The highest BCUT2D eigenvalue weighted by Crippen LogP contribution is 2.20. The van der Waals surface area contributed by atoms with Crippen LogP contribution in [0.15, 0.2) is 6.07 Å². The second-order valence-electron chi connectivity index (χ2n) is 5.37. The predicted molar refractivity (Wildman–Crippen MR) is 80.0 cm³/mol. The molecule has 2 rings (SSSR count). The topological polar surface area (TPSA) is 32.3 Å². The summed E-state index contributed by atoms with van der Waals surface area (Å²) < 4.78 is 0. The Morgan fingerprint density at radius 3 is 2.89 bits per heavy atom. The second-order valence-corrected chi connectivity index (χ2v) is 5.76. The summed E-state index contributed by atoms with van der Waals surface area (Å²) in [6, 6.07) is 2.48. The molecule has 1 atom stereocenters. The Balaban J connectivity index is 2.07. The van der Waals surface area contributed by atoms with Crippen LogP contribution in [-0.2, 0) is 6.42 Å². The van der Waals surface area contributed by atoms with Gasteiger partial charge >= 0.3 is 0 Å². The lowest BCUT2D eigenvalue weighted by molar-refractivity contribution is 0.314. The van der Waals surface area contributed by atoms with E-state index in [1.54, 1.807) is 0 Å². The lowest BCUT2D eigenvalue weighted by Gasteiger charge is -2.26. The first-order valence-corrected chi connectivity index (χ1v) is 7.42. The van der Waals surface area contributed by atoms with Gasteiger partial charge in [-0.1, -0.05) is 18.5 Å². The highest BCUT2D eigenvalue weighted by atomic mass is 35.5. The Kier molecular flexibility index (Phi) is 4.99. The third-order valence-electron chi connectivity index (χ3n) is 3.75. The Morgan fingerprint density at radius 2 is 2.26 bits per heavy atom. The van der Waals surface area contributed by atoms with E-state index in [4.69, 9.17) is 11.6 Å². The van der Waals surface area contributed by atoms with Crippen LogP contribution in [0.25, 0.3) is 0 Å². The van der Waals surface area contributed by atoms with Crippen molar-refractivity contribution >= 4 is 17.4 Å². The van der Waals surface area contributed by atoms with E-state index in [0.717, 1.165) is 31.0 Å². The Morgan fingerprint density at radius 1 is 1.47 bits per heavy atom. The average Bonchev–Trinajstić information content (AvgIpc) is 2.75. The van der Waals surface area contributed by atoms with Crippen LogP contribution < -0.4 is 4.90 Å². The molecule has 1 aliphatic rings. The van der Waals surface area contributed by atoms with E-state index >= 15 is 0 Å². The average molecular weight is 283 g/mol. The summed E-state index contributed by atoms with van der Waals surface area (Å²) in [5, 5.41) is 0.542. The Bertz CT molecular complexity index is 424. The third-order valence-corrected chi connectivity index (χ3v) is 3.94. The van der Waals surface area contributed by atoms with Crippen LogP contribution >= 0.6 is 11.6 Å². The van der Waals surface area contributed by atoms with Crippen molar-refractivity contribution in [3.63, 3.8) is 0 Å². The SMILES string of the molecule is CCCc1nc(Cl)cc(N(C)CC2CCCN2C)n1. The van der Waals surface area contributed by atoms with E-state index < -0.39 is 0 Å². The fourth-order valence-corrected chi connectivity index (χ4v) is 2.80. The number of nitrogens with zero attached hydrogens (tertiary/aromatic N) is 4. The monoisotopic (exact) mass is 282 g/mol. The third kappa shape index (κ3) is 3.80. The van der Waals surface area contributed by atoms with E-state index in [9.17, 15) is 0 Å². The molecule has 0 bridgehead atoms. The van der Waals surface area contributed by atoms with Gasteiger partial charge in [0.25, 0.3) is 0 Å². The molecule has 106 valence electrons. The molecule has 1 aromatic rings. The number of hydrogen-bond donors (Lipinski definition) is 0. The lowest BCUT2D eigenvalue weighted by atomic mass is 10.2. The number of aromatic nitrogens is 2. The Labute approximate surface area is 120 Å². The second kappa shape index (κ2) is 6.53. The largest absolute Gasteiger partial charge is 0.358 e. The molecule has 0 saturated carbocycles. The summed E-state index contributed by atoms with van der Waals surface area (Å²) in [6.45, 7) is 4.32. The van der Waals surface area contributed by atoms with Gasteiger partial charge in [0.2, 0.25) is 0 Å². The zero-order valence-electron chi connectivity index (χ0n) is 12.1. The minimum absolute atomic E-state index is 0.542. The van der Waals surface area contributed by atoms with Crippen molar-refractivity contribution in [2.45, 2.75) is 38.6 Å². The lowest BCUT2D eigenvalue weighted by Crippen LogP contribution is -2.37. The maximum atomic E-state index is 6.09. The van der Waals surface area contributed by atoms with Gasteiger partial charge in [0.05, 0.1) is 0 Å². The maximum Gasteiger partial charge on any atom is 0.134 e. The van der Waals surface area contributed by atoms with Gasteiger partial charge in [-0.2, -0.15) is 0 Å². The number of likely N-dealkylation sites (N-methyl/N-ethyl adjacent to an activating group) is 2. The van der Waals surface area contributed by atoms with Crippen molar-refractivity contribution in [2.24, 2.45) is 0 Å². The molecule has 5 heteroatoms. The van der Waals surface area contributed by atoms with Crippen molar-refractivity contribution in [3.05, 3.63) is 17.0 Å². The van der Waals surface area contributed by atoms with Gasteiger partial charge < -0.3 is 9.80 Å². The molecule has 0 radical (unpaired) electrons. The number of likely N-dealkylation sites (tertiary alicyclic amines) is 1. The van der Waals surface area contributed by atoms with Crippen LogP contribution in [0.4, 0.5) is 5.82 Å². The quantitative estimate of drug-likeness (QED) is 0.777. The highest BCUT2D eigenvalue weighted by Gasteiger charge is 2.22. The molecule has 4 nitrogen and oxygen atoms in total. The molecule has 1 saturated heterocycles. The van der Waals surface area contributed by atoms with Crippen molar-refractivity contribution in [1.29, 1.82) is 0 Å². The molecule has 0 aromatic carbocycles. The zero-order valence-corrected chi connectivity index (χ0v) is 12.8. The maximum absolute atomic E-state index is 6.09. The molecule has 19 heavy (non-hydrogen) atoms. The van der Waals surface area contributed by atoms with Crippen LogP contribution in [-0.4, -0.2) is 48.1 Å². The minimum atomic E-state index is 0.542. The van der Waals surface area contributed by atoms with Crippen LogP contribution in [0.5, 0.6) is 0 Å². The summed E-state index contributed by atoms with van der Waals surface area (Å²) >= 11 is 6.09. The van der Waals surface area contributed by atoms with Crippen LogP contribution in [0.2, 0.25) is 5.15 Å². The van der Waals surface area contributed by atoms with Gasteiger partial charge in [-0.05, 0) is 32.9 Å². The van der Waals surface area contributed by atoms with Gasteiger partial charge in [-0.3, -0.25) is 0 Å². The molecule has 1 aromatic heterocycles. The van der Waals surface area contributed by atoms with Crippen molar-refractivity contribution < 1.29 is 0 Å². The summed E-state index contributed by atoms with van der Waals surface area (Å²) in [6.07, 6.45) is 4.47. The summed E-state index contributed by atoms with van der Waals surface area (Å²) in [5.41, 5.74) is 0. The number of rotatable bonds is 5. The highest BCUT2D eigenvalue weighted by molar-refractivity contribution is 6.29. The van der Waals surface area contributed by atoms with Crippen molar-refractivity contribution in [1.82, 2.24) is 14.9 Å². The van der Waals surface area contributed by atoms with Gasteiger partial charge in [0.15, 0.2) is 0 Å². The van der Waals surface area contributed by atoms with E-state index in [-0.39, 0.29) is 0 Å². The first kappa shape index (κ1) is 14.5. The van der Waals surface area contributed by atoms with Gasteiger partial charge in [-0.25, -0.2) is 9.97 Å². The minimum Gasteiger partial charge on any atom is -0.358 e. The predicted octanol–water partition coefficient (Wildman–Crippen LogP) is 2.61. The van der Waals surface area contributed by atoms with E-state index in [0.29, 0.717) is 11.2 Å². The molecular formula is C14H23ClN4. The Hall–Kier alpha value is -0.870. The number of anilines is 1. The van der Waals surface area contributed by atoms with Gasteiger partial charge in [-0.15, -0.1) is 0 Å². The first-order valence-electron chi connectivity index (χ1n) is 7.05. The molecule has 0 spiro atoms. The molecule has 0 N–H and O–H groups in total. The summed E-state index contributed by atoms with van der Waals surface area (Å²) in [5.74, 6) is 1.78. The van der Waals surface area contributed by atoms with Crippen molar-refractivity contribution in [2.75, 3.05) is 32.1 Å². The smallest absolute Gasteiger partial charge is 0.134 e. The van der Waals surface area contributed by atoms with E-state index in [2.05, 4.69) is 40.8 Å². The standard InChI is InChI=1S/C14H23ClN4/c1-4-6-13-16-12(15)9-14(17-13)19(3)10-11-7-5-8-18(11)2/h9,11H,4-8,10H2,1-3H3. The summed E-state index contributed by atoms with van der Waals surface area (Å²) in [4.78, 5) is 13.5. The zero-order chi connectivity index (χ0) is 13.8. The van der Waals surface area contributed by atoms with Crippen LogP contribution in [0, 0.1) is 0 Å². The number of halogens is 1. The summed E-state index contributed by atoms with van der Waals surface area (Å²) in [7, 11) is 4.28. The van der Waals surface area contributed by atoms with Gasteiger partial charge in [0.1, 0.15) is 16.8 Å². The van der Waals surface area contributed by atoms with E-state index in [1.807, 2.05) is 6.07 Å². The normalized spacial score (nSPS) is 19.9. The molecule has 0 amide bonds.